The van der Waals surface area contributed by atoms with Crippen LogP contribution in [0.5, 0.6) is 0 Å². The number of carbonyl (C=O) groups is 1. The number of hydrogen-bond donors (Lipinski definition) is 2. The van der Waals surface area contributed by atoms with Gasteiger partial charge in [-0.3, -0.25) is 0 Å². The Morgan fingerprint density at radius 2 is 2.29 bits per heavy atom. The topological polar surface area (TPSA) is 54.0 Å². The van der Waals surface area contributed by atoms with Crippen LogP contribution in [-0.4, -0.2) is 17.1 Å². The number of nitrogens with one attached hydrogen (secondary N) is 2. The predicted octanol–water partition coefficient (Wildman–Crippen LogP) is 2.26. The number of pyridine rings is 1. The number of hydrogen-bond acceptors (Lipinski definition) is 2. The largest absolute Gasteiger partial charge is 0.336 e. The van der Waals surface area contributed by atoms with E-state index in [-0.39, 0.29) is 12.1 Å². The number of carbonyl (C=O) groups excluding carboxylic acids is 1. The molecule has 1 rings (SSSR count). The van der Waals surface area contributed by atoms with Crippen LogP contribution in [0.2, 0.25) is 5.15 Å². The quantitative estimate of drug-likeness (QED) is 0.741. The lowest BCUT2D eigenvalue weighted by Gasteiger charge is -2.09. The van der Waals surface area contributed by atoms with Crippen LogP contribution in [0, 0.1) is 0 Å². The highest BCUT2D eigenvalue weighted by atomic mass is 35.5. The lowest BCUT2D eigenvalue weighted by Crippen LogP contribution is -2.34. The van der Waals surface area contributed by atoms with Crippen molar-refractivity contribution in [3.8, 4) is 0 Å². The maximum absolute atomic E-state index is 11.2. The lowest BCUT2D eigenvalue weighted by molar-refractivity contribution is 0.250. The number of nitrogens with zero attached hydrogens (tertiary/aromatic N) is 1. The molecule has 0 saturated carbocycles. The van der Waals surface area contributed by atoms with Crippen molar-refractivity contribution in [3.05, 3.63) is 23.5 Å². The van der Waals surface area contributed by atoms with Gasteiger partial charge in [-0.25, -0.2) is 9.78 Å². The molecular weight excluding hydrogens is 202 g/mol. The van der Waals surface area contributed by atoms with Gasteiger partial charge in [0, 0.05) is 17.9 Å². The minimum atomic E-state index is -0.248. The fourth-order valence-corrected chi connectivity index (χ4v) is 1.08. The molecule has 0 saturated heterocycles. The second-order valence-electron chi connectivity index (χ2n) is 3.12. The SMILES string of the molecule is CC(C)NC(=O)Nc1ccnc(Cl)c1. The summed E-state index contributed by atoms with van der Waals surface area (Å²) in [5.41, 5.74) is 0.628. The van der Waals surface area contributed by atoms with Crippen LogP contribution >= 0.6 is 11.6 Å². The van der Waals surface area contributed by atoms with E-state index < -0.39 is 0 Å². The molecule has 0 aliphatic rings. The molecule has 14 heavy (non-hydrogen) atoms. The van der Waals surface area contributed by atoms with Crippen molar-refractivity contribution in [2.75, 3.05) is 5.32 Å². The van der Waals surface area contributed by atoms with Crippen molar-refractivity contribution in [3.63, 3.8) is 0 Å². The molecule has 2 N–H and O–H groups in total. The molecule has 5 heteroatoms. The third-order valence-corrected chi connectivity index (χ3v) is 1.61. The Labute approximate surface area is 87.7 Å². The normalized spacial score (nSPS) is 10.0. The van der Waals surface area contributed by atoms with E-state index in [0.29, 0.717) is 10.8 Å². The standard InChI is InChI=1S/C9H12ClN3O/c1-6(2)12-9(14)13-7-3-4-11-8(10)5-7/h3-6H,1-2H3,(H2,11,12,13,14). The zero-order chi connectivity index (χ0) is 10.6. The second kappa shape index (κ2) is 4.81. The van der Waals surface area contributed by atoms with Crippen molar-refractivity contribution < 1.29 is 4.79 Å². The molecule has 76 valence electrons. The fourth-order valence-electron chi connectivity index (χ4n) is 0.910. The van der Waals surface area contributed by atoms with Crippen LogP contribution < -0.4 is 10.6 Å². The van der Waals surface area contributed by atoms with Crippen LogP contribution in [0.25, 0.3) is 0 Å². The van der Waals surface area contributed by atoms with E-state index in [4.69, 9.17) is 11.6 Å². The van der Waals surface area contributed by atoms with Gasteiger partial charge in [-0.1, -0.05) is 11.6 Å². The zero-order valence-corrected chi connectivity index (χ0v) is 8.80. The van der Waals surface area contributed by atoms with Crippen LogP contribution in [0.15, 0.2) is 18.3 Å². The fraction of sp³-hybridized carbons (Fsp3) is 0.333. The van der Waals surface area contributed by atoms with E-state index in [1.807, 2.05) is 13.8 Å². The number of aromatic nitrogens is 1. The molecule has 0 bridgehead atoms. The lowest BCUT2D eigenvalue weighted by atomic mass is 10.4. The first-order valence-corrected chi connectivity index (χ1v) is 4.65. The van der Waals surface area contributed by atoms with Crippen molar-refractivity contribution in [2.24, 2.45) is 0 Å². The summed E-state index contributed by atoms with van der Waals surface area (Å²) in [5, 5.41) is 5.69. The highest BCUT2D eigenvalue weighted by molar-refractivity contribution is 6.29. The molecule has 0 spiro atoms. The minimum absolute atomic E-state index is 0.104. The molecule has 1 aromatic heterocycles. The average molecular weight is 214 g/mol. The minimum Gasteiger partial charge on any atom is -0.336 e. The Balaban J connectivity index is 2.56. The number of halogens is 1. The molecule has 0 aliphatic carbocycles. The van der Waals surface area contributed by atoms with Crippen molar-refractivity contribution in [2.45, 2.75) is 19.9 Å². The van der Waals surface area contributed by atoms with Gasteiger partial charge in [-0.05, 0) is 26.0 Å². The Morgan fingerprint density at radius 3 is 2.86 bits per heavy atom. The summed E-state index contributed by atoms with van der Waals surface area (Å²) in [5.74, 6) is 0. The van der Waals surface area contributed by atoms with Gasteiger partial charge in [0.05, 0.1) is 0 Å². The van der Waals surface area contributed by atoms with Gasteiger partial charge < -0.3 is 10.6 Å². The second-order valence-corrected chi connectivity index (χ2v) is 3.51. The van der Waals surface area contributed by atoms with Crippen LogP contribution in [0.1, 0.15) is 13.8 Å². The molecule has 4 nitrogen and oxygen atoms in total. The Hall–Kier alpha value is -1.29. The molecule has 1 aromatic rings. The average Bonchev–Trinajstić information content (AvgIpc) is 2.01. The maximum atomic E-state index is 11.2. The predicted molar refractivity (Wildman–Crippen MR) is 56.5 cm³/mol. The maximum Gasteiger partial charge on any atom is 0.319 e. The molecule has 0 aromatic carbocycles. The molecule has 0 fully saturated rings. The monoisotopic (exact) mass is 213 g/mol. The van der Waals surface area contributed by atoms with Crippen LogP contribution in [-0.2, 0) is 0 Å². The number of amides is 2. The number of rotatable bonds is 2. The summed E-state index contributed by atoms with van der Waals surface area (Å²) in [6.45, 7) is 3.78. The van der Waals surface area contributed by atoms with Gasteiger partial charge in [-0.2, -0.15) is 0 Å². The first-order chi connectivity index (χ1) is 6.58. The van der Waals surface area contributed by atoms with Gasteiger partial charge in [-0.15, -0.1) is 0 Å². The van der Waals surface area contributed by atoms with E-state index in [0.717, 1.165) is 0 Å². The molecule has 0 atom stereocenters. The Bertz CT molecular complexity index is 328. The van der Waals surface area contributed by atoms with Crippen molar-refractivity contribution in [1.29, 1.82) is 0 Å². The molecule has 1 heterocycles. The first kappa shape index (κ1) is 10.8. The molecule has 2 amide bonds. The van der Waals surface area contributed by atoms with Gasteiger partial charge in [0.15, 0.2) is 0 Å². The summed E-state index contributed by atoms with van der Waals surface area (Å²) >= 11 is 5.65. The zero-order valence-electron chi connectivity index (χ0n) is 8.04. The number of anilines is 1. The van der Waals surface area contributed by atoms with Crippen LogP contribution in [0.4, 0.5) is 10.5 Å². The summed E-state index contributed by atoms with van der Waals surface area (Å²) < 4.78 is 0. The molecule has 0 unspecified atom stereocenters. The summed E-state index contributed by atoms with van der Waals surface area (Å²) in [4.78, 5) is 15.1. The number of urea groups is 1. The Morgan fingerprint density at radius 1 is 1.57 bits per heavy atom. The third-order valence-electron chi connectivity index (χ3n) is 1.40. The van der Waals surface area contributed by atoms with E-state index in [9.17, 15) is 4.79 Å². The van der Waals surface area contributed by atoms with Gasteiger partial charge in [0.2, 0.25) is 0 Å². The molecular formula is C9H12ClN3O. The van der Waals surface area contributed by atoms with Gasteiger partial charge in [0.1, 0.15) is 5.15 Å². The van der Waals surface area contributed by atoms with E-state index >= 15 is 0 Å². The smallest absolute Gasteiger partial charge is 0.319 e. The van der Waals surface area contributed by atoms with Crippen molar-refractivity contribution >= 4 is 23.3 Å². The van der Waals surface area contributed by atoms with E-state index in [1.54, 1.807) is 12.1 Å². The molecule has 0 radical (unpaired) electrons. The first-order valence-electron chi connectivity index (χ1n) is 4.27. The van der Waals surface area contributed by atoms with E-state index in [1.165, 1.54) is 6.20 Å². The summed E-state index contributed by atoms with van der Waals surface area (Å²) in [7, 11) is 0. The summed E-state index contributed by atoms with van der Waals surface area (Å²) in [6, 6.07) is 3.11. The highest BCUT2D eigenvalue weighted by Crippen LogP contribution is 2.11. The van der Waals surface area contributed by atoms with Gasteiger partial charge >= 0.3 is 6.03 Å². The van der Waals surface area contributed by atoms with Crippen LogP contribution in [0.3, 0.4) is 0 Å². The molecule has 0 aliphatic heterocycles. The van der Waals surface area contributed by atoms with E-state index in [2.05, 4.69) is 15.6 Å². The van der Waals surface area contributed by atoms with Gasteiger partial charge in [0.25, 0.3) is 0 Å². The Kier molecular flexibility index (Phi) is 3.71. The third kappa shape index (κ3) is 3.62. The summed E-state index contributed by atoms with van der Waals surface area (Å²) in [6.07, 6.45) is 1.54. The van der Waals surface area contributed by atoms with Crippen molar-refractivity contribution in [1.82, 2.24) is 10.3 Å². The highest BCUT2D eigenvalue weighted by Gasteiger charge is 2.03.